The van der Waals surface area contributed by atoms with E-state index in [4.69, 9.17) is 9.47 Å². The average Bonchev–Trinajstić information content (AvgIpc) is 3.39. The van der Waals surface area contributed by atoms with Crippen LogP contribution in [0.3, 0.4) is 0 Å². The number of ketones is 2. The van der Waals surface area contributed by atoms with Crippen molar-refractivity contribution in [1.29, 1.82) is 0 Å². The Balaban J connectivity index is 1.45. The van der Waals surface area contributed by atoms with Crippen molar-refractivity contribution >= 4 is 17.5 Å². The lowest BCUT2D eigenvalue weighted by molar-refractivity contribution is -0.148. The van der Waals surface area contributed by atoms with Gasteiger partial charge in [0, 0.05) is 29.1 Å². The number of Topliss-reactive ketones (excluding diaryl/α,β-unsaturated/α-hetero) is 1. The van der Waals surface area contributed by atoms with E-state index in [0.717, 1.165) is 17.6 Å². The first-order valence-corrected chi connectivity index (χ1v) is 13.7. The summed E-state index contributed by atoms with van der Waals surface area (Å²) in [5.74, 6) is -0.0404. The number of carbonyl (C=O) groups excluding carboxylic acids is 3. The zero-order chi connectivity index (χ0) is 26.2. The Morgan fingerprint density at radius 3 is 2.42 bits per heavy atom. The van der Waals surface area contributed by atoms with E-state index in [1.54, 1.807) is 0 Å². The van der Waals surface area contributed by atoms with E-state index in [1.807, 2.05) is 32.9 Å². The molecule has 0 amide bonds. The van der Waals surface area contributed by atoms with E-state index in [1.165, 1.54) is 0 Å². The number of hydrogen-bond acceptors (Lipinski definition) is 6. The van der Waals surface area contributed by atoms with Gasteiger partial charge in [-0.05, 0) is 61.2 Å². The molecule has 2 heterocycles. The first-order valence-electron chi connectivity index (χ1n) is 13.7. The van der Waals surface area contributed by atoms with Gasteiger partial charge in [0.25, 0.3) is 0 Å². The molecule has 6 aliphatic rings. The minimum Gasteiger partial charge on any atom is -0.458 e. The molecule has 0 bridgehead atoms. The Hall–Kier alpha value is -1.79. The number of aliphatic hydroxyl groups is 1. The van der Waals surface area contributed by atoms with E-state index in [-0.39, 0.29) is 47.1 Å². The average molecular weight is 497 g/mol. The molecule has 196 valence electrons. The number of epoxide rings is 1. The van der Waals surface area contributed by atoms with Gasteiger partial charge in [-0.3, -0.25) is 14.4 Å². The number of ether oxygens (including phenoxy) is 2. The van der Waals surface area contributed by atoms with Crippen LogP contribution in [-0.2, 0) is 23.9 Å². The Morgan fingerprint density at radius 2 is 1.78 bits per heavy atom. The smallest absolute Gasteiger partial charge is 0.309 e. The molecule has 2 aliphatic heterocycles. The minimum atomic E-state index is -0.845. The molecule has 0 radical (unpaired) electrons. The van der Waals surface area contributed by atoms with E-state index >= 15 is 0 Å². The molecule has 0 aromatic heterocycles. The summed E-state index contributed by atoms with van der Waals surface area (Å²) in [5.41, 5.74) is -1.09. The lowest BCUT2D eigenvalue weighted by Gasteiger charge is -2.60. The summed E-state index contributed by atoms with van der Waals surface area (Å²) < 4.78 is 12.2. The highest BCUT2D eigenvalue weighted by Crippen LogP contribution is 2.79. The van der Waals surface area contributed by atoms with Gasteiger partial charge >= 0.3 is 5.97 Å². The fourth-order valence-electron chi connectivity index (χ4n) is 9.68. The van der Waals surface area contributed by atoms with Crippen LogP contribution in [0.25, 0.3) is 0 Å². The lowest BCUT2D eigenvalue weighted by atomic mass is 9.40. The molecule has 4 aliphatic carbocycles. The van der Waals surface area contributed by atoms with Gasteiger partial charge in [0.15, 0.2) is 5.78 Å². The van der Waals surface area contributed by atoms with Crippen LogP contribution >= 0.6 is 0 Å². The van der Waals surface area contributed by atoms with Crippen molar-refractivity contribution in [2.75, 3.05) is 0 Å². The second kappa shape index (κ2) is 6.99. The third kappa shape index (κ3) is 2.54. The van der Waals surface area contributed by atoms with Gasteiger partial charge < -0.3 is 14.6 Å². The van der Waals surface area contributed by atoms with E-state index in [0.29, 0.717) is 31.5 Å². The summed E-state index contributed by atoms with van der Waals surface area (Å²) in [5, 5.41) is 11.8. The number of allylic oxidation sites excluding steroid dienone is 2. The molecule has 3 saturated carbocycles. The van der Waals surface area contributed by atoms with Crippen molar-refractivity contribution in [2.45, 2.75) is 104 Å². The maximum Gasteiger partial charge on any atom is 0.309 e. The van der Waals surface area contributed by atoms with E-state index < -0.39 is 27.9 Å². The normalized spacial score (nSPS) is 53.2. The van der Waals surface area contributed by atoms with E-state index in [2.05, 4.69) is 27.7 Å². The van der Waals surface area contributed by atoms with Gasteiger partial charge in [-0.25, -0.2) is 0 Å². The van der Waals surface area contributed by atoms with Crippen LogP contribution in [-0.4, -0.2) is 46.6 Å². The van der Waals surface area contributed by atoms with E-state index in [9.17, 15) is 19.5 Å². The molecule has 10 atom stereocenters. The maximum absolute atomic E-state index is 14.2. The molecule has 2 saturated heterocycles. The molecule has 0 unspecified atom stereocenters. The number of fused-ring (bicyclic) bond motifs is 3. The molecule has 1 spiro atoms. The van der Waals surface area contributed by atoms with Gasteiger partial charge in [0.05, 0.1) is 18.1 Å². The summed E-state index contributed by atoms with van der Waals surface area (Å²) in [6.45, 7) is 14.3. The summed E-state index contributed by atoms with van der Waals surface area (Å²) in [4.78, 5) is 39.1. The summed E-state index contributed by atoms with van der Waals surface area (Å²) >= 11 is 0. The zero-order valence-corrected chi connectivity index (χ0v) is 22.6. The second-order valence-corrected chi connectivity index (χ2v) is 13.8. The third-order valence-electron chi connectivity index (χ3n) is 12.1. The first-order chi connectivity index (χ1) is 16.7. The van der Waals surface area contributed by atoms with Crippen molar-refractivity contribution in [1.82, 2.24) is 0 Å². The molecule has 6 nitrogen and oxygen atoms in total. The molecule has 1 N–H and O–H groups in total. The second-order valence-electron chi connectivity index (χ2n) is 13.8. The minimum absolute atomic E-state index is 0.0440. The molecule has 5 fully saturated rings. The maximum atomic E-state index is 14.2. The zero-order valence-electron chi connectivity index (χ0n) is 22.6. The molecule has 0 aromatic rings. The van der Waals surface area contributed by atoms with Gasteiger partial charge in [-0.1, -0.05) is 47.1 Å². The Bertz CT molecular complexity index is 1150. The highest BCUT2D eigenvalue weighted by molar-refractivity contribution is 6.00. The number of rotatable bonds is 2. The number of esters is 1. The Kier molecular flexibility index (Phi) is 4.76. The first kappa shape index (κ1) is 24.5. The van der Waals surface area contributed by atoms with Crippen LogP contribution in [0.2, 0.25) is 0 Å². The predicted octanol–water partition coefficient (Wildman–Crippen LogP) is 4.34. The standard InChI is InChI=1S/C30H40O6/c1-15(10-17-11-16(2)25(34)35-17)18-12-23(33)29(7)28(18,6)22(32)13-20-27(5)9-8-21(31)26(3,4)19(27)14-24-30(20,29)36-24/h10,13,16-19,23-24,33H,8-9,11-12,14H2,1-7H3/t16-,17-,18+,19-,23+,24+,27-,28-,29+,30-/m0/s1. The van der Waals surface area contributed by atoms with Gasteiger partial charge in [-0.2, -0.15) is 0 Å². The monoisotopic (exact) mass is 496 g/mol. The molecule has 6 heteroatoms. The van der Waals surface area contributed by atoms with Crippen LogP contribution < -0.4 is 0 Å². The van der Waals surface area contributed by atoms with Crippen LogP contribution in [0, 0.1) is 39.4 Å². The van der Waals surface area contributed by atoms with Crippen molar-refractivity contribution in [3.8, 4) is 0 Å². The van der Waals surface area contributed by atoms with Crippen LogP contribution in [0.15, 0.2) is 23.3 Å². The summed E-state index contributed by atoms with van der Waals surface area (Å²) in [7, 11) is 0. The van der Waals surface area contributed by atoms with Gasteiger partial charge in [0.2, 0.25) is 0 Å². The molecule has 6 rings (SSSR count). The van der Waals surface area contributed by atoms with Crippen molar-refractivity contribution in [3.05, 3.63) is 23.3 Å². The largest absolute Gasteiger partial charge is 0.458 e. The van der Waals surface area contributed by atoms with Crippen LogP contribution in [0.1, 0.15) is 80.6 Å². The Labute approximate surface area is 213 Å². The highest BCUT2D eigenvalue weighted by Gasteiger charge is 2.85. The fraction of sp³-hybridized carbons (Fsp3) is 0.767. The van der Waals surface area contributed by atoms with Crippen molar-refractivity contribution in [2.24, 2.45) is 39.4 Å². The predicted molar refractivity (Wildman–Crippen MR) is 133 cm³/mol. The van der Waals surface area contributed by atoms with Gasteiger partial charge in [0.1, 0.15) is 17.5 Å². The number of cyclic esters (lactones) is 1. The molecule has 0 aromatic carbocycles. The molecular weight excluding hydrogens is 456 g/mol. The van der Waals surface area contributed by atoms with Crippen molar-refractivity contribution in [3.63, 3.8) is 0 Å². The fourth-order valence-corrected chi connectivity index (χ4v) is 9.68. The van der Waals surface area contributed by atoms with Crippen LogP contribution in [0.4, 0.5) is 0 Å². The number of hydrogen-bond donors (Lipinski definition) is 1. The summed E-state index contributed by atoms with van der Waals surface area (Å²) in [6.07, 6.45) is 5.86. The molecular formula is C30H40O6. The number of aliphatic hydroxyl groups excluding tert-OH is 1. The van der Waals surface area contributed by atoms with Crippen molar-refractivity contribution < 1.29 is 29.0 Å². The molecule has 36 heavy (non-hydrogen) atoms. The van der Waals surface area contributed by atoms with Crippen LogP contribution in [0.5, 0.6) is 0 Å². The number of carbonyl (C=O) groups is 3. The quantitative estimate of drug-likeness (QED) is 0.347. The topological polar surface area (TPSA) is 93.2 Å². The lowest BCUT2D eigenvalue weighted by Crippen LogP contribution is -2.65. The Morgan fingerprint density at radius 1 is 1.08 bits per heavy atom. The highest BCUT2D eigenvalue weighted by atomic mass is 16.6. The summed E-state index contributed by atoms with van der Waals surface area (Å²) in [6, 6.07) is 0. The SMILES string of the molecule is CC(=C[C@H]1C[C@H](C)C(=O)O1)[C@H]1C[C@@H](O)[C@]2(C)[C@]1(C)C(=O)C=C1[C@@]3(C)CCC(=O)C(C)(C)[C@@H]3C[C@H]3O[C@@]132. The van der Waals surface area contributed by atoms with Gasteiger partial charge in [-0.15, -0.1) is 0 Å². The third-order valence-corrected chi connectivity index (χ3v) is 12.1.